The molecule has 0 saturated carbocycles. The van der Waals surface area contributed by atoms with E-state index >= 15 is 0 Å². The molecule has 0 saturated heterocycles. The van der Waals surface area contributed by atoms with E-state index in [0.717, 1.165) is 11.0 Å². The van der Waals surface area contributed by atoms with Gasteiger partial charge in [0, 0.05) is 10.6 Å². The van der Waals surface area contributed by atoms with E-state index in [1.54, 1.807) is 36.4 Å². The molecule has 0 atom stereocenters. The number of rotatable bonds is 6. The van der Waals surface area contributed by atoms with E-state index in [0.29, 0.717) is 27.7 Å². The molecule has 152 valence electrons. The number of halogens is 2. The second-order valence-corrected chi connectivity index (χ2v) is 7.09. The van der Waals surface area contributed by atoms with Gasteiger partial charge in [-0.2, -0.15) is 0 Å². The zero-order valence-corrected chi connectivity index (χ0v) is 17.0. The number of methoxy groups -OCH3 is 1. The SMILES string of the molecule is COc1ccccc1C(=O)NCc1nc2ccccc2n1Cc1c(F)cccc1Cl. The van der Waals surface area contributed by atoms with Crippen LogP contribution in [0.4, 0.5) is 4.39 Å². The van der Waals surface area contributed by atoms with E-state index in [1.165, 1.54) is 13.2 Å². The quantitative estimate of drug-likeness (QED) is 0.484. The van der Waals surface area contributed by atoms with Crippen molar-refractivity contribution in [2.75, 3.05) is 7.11 Å². The van der Waals surface area contributed by atoms with Crippen LogP contribution in [-0.4, -0.2) is 22.6 Å². The summed E-state index contributed by atoms with van der Waals surface area (Å²) < 4.78 is 21.5. The summed E-state index contributed by atoms with van der Waals surface area (Å²) in [6.07, 6.45) is 0. The number of carbonyl (C=O) groups excluding carboxylic acids is 1. The fourth-order valence-corrected chi connectivity index (χ4v) is 3.59. The fourth-order valence-electron chi connectivity index (χ4n) is 3.37. The molecule has 3 aromatic carbocycles. The molecule has 0 radical (unpaired) electrons. The van der Waals surface area contributed by atoms with Gasteiger partial charge >= 0.3 is 0 Å². The van der Waals surface area contributed by atoms with Crippen molar-refractivity contribution in [3.63, 3.8) is 0 Å². The van der Waals surface area contributed by atoms with Crippen molar-refractivity contribution >= 4 is 28.5 Å². The first-order chi connectivity index (χ1) is 14.6. The molecule has 0 aliphatic rings. The lowest BCUT2D eigenvalue weighted by atomic mass is 10.2. The van der Waals surface area contributed by atoms with Crippen LogP contribution in [0.5, 0.6) is 5.75 Å². The van der Waals surface area contributed by atoms with Crippen molar-refractivity contribution in [2.24, 2.45) is 0 Å². The molecule has 1 N–H and O–H groups in total. The van der Waals surface area contributed by atoms with Crippen molar-refractivity contribution in [1.29, 1.82) is 0 Å². The number of nitrogens with zero attached hydrogens (tertiary/aromatic N) is 2. The highest BCUT2D eigenvalue weighted by atomic mass is 35.5. The molecule has 30 heavy (non-hydrogen) atoms. The molecular weight excluding hydrogens is 405 g/mol. The topological polar surface area (TPSA) is 56.1 Å². The molecule has 0 bridgehead atoms. The summed E-state index contributed by atoms with van der Waals surface area (Å²) >= 11 is 6.23. The number of nitrogens with one attached hydrogen (secondary N) is 1. The van der Waals surface area contributed by atoms with Crippen LogP contribution in [0.15, 0.2) is 66.7 Å². The van der Waals surface area contributed by atoms with Crippen LogP contribution in [0.1, 0.15) is 21.7 Å². The van der Waals surface area contributed by atoms with Crippen molar-refractivity contribution in [2.45, 2.75) is 13.1 Å². The van der Waals surface area contributed by atoms with Gasteiger partial charge in [-0.25, -0.2) is 9.37 Å². The third-order valence-electron chi connectivity index (χ3n) is 4.87. The predicted octanol–water partition coefficient (Wildman–Crippen LogP) is 4.82. The lowest BCUT2D eigenvalue weighted by Crippen LogP contribution is -2.25. The normalized spacial score (nSPS) is 10.9. The van der Waals surface area contributed by atoms with Crippen LogP contribution < -0.4 is 10.1 Å². The minimum absolute atomic E-state index is 0.164. The Kier molecular flexibility index (Phi) is 5.68. The second-order valence-electron chi connectivity index (χ2n) is 6.69. The number of aromatic nitrogens is 2. The summed E-state index contributed by atoms with van der Waals surface area (Å²) in [6, 6.07) is 19.1. The van der Waals surface area contributed by atoms with E-state index in [4.69, 9.17) is 16.3 Å². The largest absolute Gasteiger partial charge is 0.496 e. The minimum Gasteiger partial charge on any atom is -0.496 e. The Hall–Kier alpha value is -3.38. The van der Waals surface area contributed by atoms with Crippen LogP contribution in [0, 0.1) is 5.82 Å². The van der Waals surface area contributed by atoms with Gasteiger partial charge in [-0.05, 0) is 36.4 Å². The number of ether oxygens (including phenoxy) is 1. The number of hydrogen-bond acceptors (Lipinski definition) is 3. The molecule has 1 amide bonds. The Morgan fingerprint density at radius 3 is 2.67 bits per heavy atom. The molecule has 7 heteroatoms. The third kappa shape index (κ3) is 3.86. The average Bonchev–Trinajstić information content (AvgIpc) is 3.12. The number of fused-ring (bicyclic) bond motifs is 1. The molecule has 0 aliphatic heterocycles. The van der Waals surface area contributed by atoms with Crippen LogP contribution in [0.25, 0.3) is 11.0 Å². The Morgan fingerprint density at radius 2 is 1.87 bits per heavy atom. The summed E-state index contributed by atoms with van der Waals surface area (Å²) in [6.45, 7) is 0.365. The first-order valence-corrected chi connectivity index (χ1v) is 9.74. The Bertz CT molecular complexity index is 1200. The van der Waals surface area contributed by atoms with Crippen LogP contribution in [0.3, 0.4) is 0 Å². The fraction of sp³-hybridized carbons (Fsp3) is 0.130. The number of hydrogen-bond donors (Lipinski definition) is 1. The van der Waals surface area contributed by atoms with Gasteiger partial charge in [-0.3, -0.25) is 4.79 Å². The Balaban J connectivity index is 1.66. The van der Waals surface area contributed by atoms with Crippen molar-refractivity contribution in [1.82, 2.24) is 14.9 Å². The molecule has 0 spiro atoms. The van der Waals surface area contributed by atoms with Gasteiger partial charge in [0.15, 0.2) is 0 Å². The molecule has 1 aromatic heterocycles. The molecule has 0 aliphatic carbocycles. The number of para-hydroxylation sites is 3. The minimum atomic E-state index is -0.385. The number of imidazole rings is 1. The smallest absolute Gasteiger partial charge is 0.255 e. The van der Waals surface area contributed by atoms with Gasteiger partial charge in [-0.1, -0.05) is 41.9 Å². The Morgan fingerprint density at radius 1 is 1.10 bits per heavy atom. The van der Waals surface area contributed by atoms with Gasteiger partial charge in [0.1, 0.15) is 17.4 Å². The van der Waals surface area contributed by atoms with Crippen molar-refractivity contribution < 1.29 is 13.9 Å². The highest BCUT2D eigenvalue weighted by molar-refractivity contribution is 6.31. The van der Waals surface area contributed by atoms with E-state index in [-0.39, 0.29) is 24.8 Å². The number of carbonyl (C=O) groups is 1. The first kappa shape index (κ1) is 19.9. The number of amides is 1. The Labute approximate surface area is 178 Å². The molecular formula is C23H19ClFN3O2. The second kappa shape index (κ2) is 8.55. The molecule has 0 fully saturated rings. The summed E-state index contributed by atoms with van der Waals surface area (Å²) in [5, 5.41) is 3.22. The molecule has 4 aromatic rings. The number of benzene rings is 3. The standard InChI is InChI=1S/C23H19ClFN3O2/c1-30-21-12-5-2-7-15(21)23(29)26-13-22-27-19-10-3-4-11-20(19)28(22)14-16-17(24)8-6-9-18(16)25/h2-12H,13-14H2,1H3,(H,26,29). The zero-order valence-electron chi connectivity index (χ0n) is 16.2. The highest BCUT2D eigenvalue weighted by Crippen LogP contribution is 2.24. The predicted molar refractivity (Wildman–Crippen MR) is 114 cm³/mol. The van der Waals surface area contributed by atoms with Crippen molar-refractivity contribution in [3.8, 4) is 5.75 Å². The van der Waals surface area contributed by atoms with Gasteiger partial charge < -0.3 is 14.6 Å². The maximum atomic E-state index is 14.4. The first-order valence-electron chi connectivity index (χ1n) is 9.36. The molecule has 0 unspecified atom stereocenters. The zero-order chi connectivity index (χ0) is 21.1. The summed E-state index contributed by atoms with van der Waals surface area (Å²) in [5.74, 6) is 0.416. The van der Waals surface area contributed by atoms with Crippen molar-refractivity contribution in [3.05, 3.63) is 94.5 Å². The van der Waals surface area contributed by atoms with Gasteiger partial charge in [0.25, 0.3) is 5.91 Å². The van der Waals surface area contributed by atoms with E-state index in [9.17, 15) is 9.18 Å². The van der Waals surface area contributed by atoms with Crippen LogP contribution in [-0.2, 0) is 13.1 Å². The average molecular weight is 424 g/mol. The summed E-state index contributed by atoms with van der Waals surface area (Å²) in [4.78, 5) is 17.3. The van der Waals surface area contributed by atoms with Gasteiger partial charge in [-0.15, -0.1) is 0 Å². The maximum absolute atomic E-state index is 14.4. The lowest BCUT2D eigenvalue weighted by Gasteiger charge is -2.13. The third-order valence-corrected chi connectivity index (χ3v) is 5.22. The van der Waals surface area contributed by atoms with E-state index in [1.807, 2.05) is 28.8 Å². The molecule has 4 rings (SSSR count). The van der Waals surface area contributed by atoms with Gasteiger partial charge in [0.2, 0.25) is 0 Å². The lowest BCUT2D eigenvalue weighted by molar-refractivity contribution is 0.0946. The summed E-state index contributed by atoms with van der Waals surface area (Å²) in [5.41, 5.74) is 2.39. The van der Waals surface area contributed by atoms with E-state index in [2.05, 4.69) is 10.3 Å². The van der Waals surface area contributed by atoms with Crippen LogP contribution >= 0.6 is 11.6 Å². The maximum Gasteiger partial charge on any atom is 0.255 e. The van der Waals surface area contributed by atoms with E-state index < -0.39 is 0 Å². The molecule has 5 nitrogen and oxygen atoms in total. The molecule has 1 heterocycles. The van der Waals surface area contributed by atoms with Gasteiger partial charge in [0.05, 0.1) is 36.8 Å². The summed E-state index contributed by atoms with van der Waals surface area (Å²) in [7, 11) is 1.52. The van der Waals surface area contributed by atoms with Crippen LogP contribution in [0.2, 0.25) is 5.02 Å². The highest BCUT2D eigenvalue weighted by Gasteiger charge is 2.17. The monoisotopic (exact) mass is 423 g/mol.